The highest BCUT2D eigenvalue weighted by Gasteiger charge is 2.33. The molecule has 4 rings (SSSR count). The first kappa shape index (κ1) is 25.2. The molecule has 2 amide bonds. The van der Waals surface area contributed by atoms with Gasteiger partial charge in [-0.2, -0.15) is 0 Å². The number of nitrogens with one attached hydrogen (secondary N) is 2. The van der Waals surface area contributed by atoms with E-state index in [4.69, 9.17) is 4.74 Å². The van der Waals surface area contributed by atoms with Gasteiger partial charge in [0, 0.05) is 15.7 Å². The van der Waals surface area contributed by atoms with E-state index in [1.807, 2.05) is 49.4 Å². The van der Waals surface area contributed by atoms with E-state index in [1.54, 1.807) is 12.0 Å². The molecule has 2 unspecified atom stereocenters. The number of carbonyl (C=O) groups excluding carboxylic acids is 2. The van der Waals surface area contributed by atoms with Gasteiger partial charge < -0.3 is 20.3 Å². The average Bonchev–Trinajstić information content (AvgIpc) is 2.99. The van der Waals surface area contributed by atoms with E-state index in [0.29, 0.717) is 19.4 Å². The molecule has 0 bridgehead atoms. The second kappa shape index (κ2) is 11.2. The Morgan fingerprint density at radius 2 is 2.00 bits per heavy atom. The van der Waals surface area contributed by atoms with Gasteiger partial charge in [0.2, 0.25) is 11.8 Å². The Kier molecular flexibility index (Phi) is 8.08. The van der Waals surface area contributed by atoms with Crippen LogP contribution in [-0.4, -0.2) is 37.6 Å². The van der Waals surface area contributed by atoms with Crippen molar-refractivity contribution in [1.29, 1.82) is 0 Å². The Balaban J connectivity index is 1.71. The molecule has 0 fully saturated rings. The number of nitrogens with zero attached hydrogens (tertiary/aromatic N) is 1. The van der Waals surface area contributed by atoms with E-state index in [-0.39, 0.29) is 17.9 Å². The lowest BCUT2D eigenvalue weighted by Gasteiger charge is -2.28. The molecule has 184 valence electrons. The van der Waals surface area contributed by atoms with Gasteiger partial charge in [0.25, 0.3) is 0 Å². The quantitative estimate of drug-likeness (QED) is 0.425. The standard InChI is InChI=1S/C28H32BrN3O3/c1-4-15-30-18(2)27(33)31-24-13-9-19-7-5-6-8-25(19)32(28(24)34)17-23-22-12-11-21(29)16-20(22)10-14-26(23)35-3/h5-8,10-12,14,16,18,24,30H,4,9,13,15,17H2,1-3H3,(H,31,33). The van der Waals surface area contributed by atoms with Crippen molar-refractivity contribution in [3.8, 4) is 5.75 Å². The lowest BCUT2D eigenvalue weighted by atomic mass is 10.0. The number of para-hydroxylation sites is 1. The number of methoxy groups -OCH3 is 1. The van der Waals surface area contributed by atoms with E-state index in [9.17, 15) is 9.59 Å². The third-order valence-corrected chi connectivity index (χ3v) is 7.04. The summed E-state index contributed by atoms with van der Waals surface area (Å²) in [6, 6.07) is 17.1. The Bertz CT molecular complexity index is 1230. The lowest BCUT2D eigenvalue weighted by molar-refractivity contribution is -0.128. The van der Waals surface area contributed by atoms with Crippen molar-refractivity contribution in [2.75, 3.05) is 18.6 Å². The SMILES string of the molecule is CCCNC(C)C(=O)NC1CCc2ccccc2N(Cc2c(OC)ccc3cc(Br)ccc23)C1=O. The monoisotopic (exact) mass is 537 g/mol. The van der Waals surface area contributed by atoms with Crippen LogP contribution in [0.15, 0.2) is 59.1 Å². The predicted molar refractivity (Wildman–Crippen MR) is 144 cm³/mol. The summed E-state index contributed by atoms with van der Waals surface area (Å²) in [5, 5.41) is 8.30. The van der Waals surface area contributed by atoms with Crippen LogP contribution >= 0.6 is 15.9 Å². The number of anilines is 1. The summed E-state index contributed by atoms with van der Waals surface area (Å²) >= 11 is 3.55. The molecule has 6 nitrogen and oxygen atoms in total. The average molecular weight is 538 g/mol. The van der Waals surface area contributed by atoms with Crippen molar-refractivity contribution in [3.63, 3.8) is 0 Å². The summed E-state index contributed by atoms with van der Waals surface area (Å²) in [5.74, 6) is 0.463. The molecule has 2 atom stereocenters. The number of halogens is 1. The van der Waals surface area contributed by atoms with Crippen molar-refractivity contribution < 1.29 is 14.3 Å². The molecule has 0 radical (unpaired) electrons. The summed E-state index contributed by atoms with van der Waals surface area (Å²) in [6.45, 7) is 4.98. The van der Waals surface area contributed by atoms with Crippen LogP contribution < -0.4 is 20.3 Å². The van der Waals surface area contributed by atoms with Crippen molar-refractivity contribution in [2.24, 2.45) is 0 Å². The summed E-state index contributed by atoms with van der Waals surface area (Å²) in [5.41, 5.74) is 2.91. The van der Waals surface area contributed by atoms with Crippen molar-refractivity contribution in [3.05, 3.63) is 70.2 Å². The minimum Gasteiger partial charge on any atom is -0.496 e. The summed E-state index contributed by atoms with van der Waals surface area (Å²) in [7, 11) is 1.65. The number of hydrogen-bond acceptors (Lipinski definition) is 4. The number of rotatable bonds is 8. The third-order valence-electron chi connectivity index (χ3n) is 6.55. The van der Waals surface area contributed by atoms with Crippen LogP contribution in [0.1, 0.15) is 37.8 Å². The number of hydrogen-bond donors (Lipinski definition) is 2. The second-order valence-corrected chi connectivity index (χ2v) is 9.86. The van der Waals surface area contributed by atoms with Crippen molar-refractivity contribution in [1.82, 2.24) is 10.6 Å². The summed E-state index contributed by atoms with van der Waals surface area (Å²) in [4.78, 5) is 28.6. The van der Waals surface area contributed by atoms with Gasteiger partial charge in [0.05, 0.1) is 19.7 Å². The second-order valence-electron chi connectivity index (χ2n) is 8.94. The van der Waals surface area contributed by atoms with E-state index >= 15 is 0 Å². The predicted octanol–water partition coefficient (Wildman–Crippen LogP) is 4.96. The Hall–Kier alpha value is -2.90. The molecule has 1 heterocycles. The fourth-order valence-corrected chi connectivity index (χ4v) is 5.00. The molecule has 1 aliphatic heterocycles. The highest BCUT2D eigenvalue weighted by molar-refractivity contribution is 9.10. The van der Waals surface area contributed by atoms with E-state index in [1.165, 1.54) is 0 Å². The molecule has 0 saturated carbocycles. The van der Waals surface area contributed by atoms with Gasteiger partial charge in [-0.25, -0.2) is 0 Å². The van der Waals surface area contributed by atoms with Crippen LogP contribution in [0.2, 0.25) is 0 Å². The van der Waals surface area contributed by atoms with Crippen LogP contribution in [0.3, 0.4) is 0 Å². The van der Waals surface area contributed by atoms with Gasteiger partial charge >= 0.3 is 0 Å². The number of benzene rings is 3. The van der Waals surface area contributed by atoms with Crippen LogP contribution in [0.4, 0.5) is 5.69 Å². The molecule has 0 saturated heterocycles. The first-order valence-electron chi connectivity index (χ1n) is 12.1. The third kappa shape index (κ3) is 5.52. The molecule has 3 aromatic carbocycles. The lowest BCUT2D eigenvalue weighted by Crippen LogP contribution is -2.52. The Morgan fingerprint density at radius 3 is 2.77 bits per heavy atom. The van der Waals surface area contributed by atoms with Crippen molar-refractivity contribution >= 4 is 44.2 Å². The molecule has 2 N–H and O–H groups in total. The maximum absolute atomic E-state index is 13.9. The van der Waals surface area contributed by atoms with Crippen LogP contribution in [0, 0.1) is 0 Å². The minimum atomic E-state index is -0.601. The van der Waals surface area contributed by atoms with Gasteiger partial charge in [0.15, 0.2) is 0 Å². The first-order chi connectivity index (χ1) is 16.9. The summed E-state index contributed by atoms with van der Waals surface area (Å²) in [6.07, 6.45) is 2.20. The van der Waals surface area contributed by atoms with Crippen LogP contribution in [-0.2, 0) is 22.6 Å². The zero-order valence-electron chi connectivity index (χ0n) is 20.4. The Morgan fingerprint density at radius 1 is 1.20 bits per heavy atom. The molecule has 35 heavy (non-hydrogen) atoms. The molecule has 0 aliphatic carbocycles. The van der Waals surface area contributed by atoms with Gasteiger partial charge in [-0.3, -0.25) is 9.59 Å². The van der Waals surface area contributed by atoms with E-state index < -0.39 is 6.04 Å². The topological polar surface area (TPSA) is 70.7 Å². The number of aryl methyl sites for hydroxylation is 1. The molecular formula is C28H32BrN3O3. The van der Waals surface area contributed by atoms with Gasteiger partial charge in [0.1, 0.15) is 11.8 Å². The number of fused-ring (bicyclic) bond motifs is 2. The maximum atomic E-state index is 13.9. The zero-order chi connectivity index (χ0) is 24.9. The highest BCUT2D eigenvalue weighted by Crippen LogP contribution is 2.35. The van der Waals surface area contributed by atoms with Crippen molar-refractivity contribution in [2.45, 2.75) is 51.7 Å². The molecule has 7 heteroatoms. The number of carbonyl (C=O) groups is 2. The first-order valence-corrected chi connectivity index (χ1v) is 12.9. The normalized spacial score (nSPS) is 16.5. The summed E-state index contributed by atoms with van der Waals surface area (Å²) < 4.78 is 6.70. The smallest absolute Gasteiger partial charge is 0.249 e. The molecule has 3 aromatic rings. The molecule has 0 aromatic heterocycles. The van der Waals surface area contributed by atoms with Gasteiger partial charge in [-0.1, -0.05) is 53.2 Å². The zero-order valence-corrected chi connectivity index (χ0v) is 22.0. The molecular weight excluding hydrogens is 506 g/mol. The number of ether oxygens (including phenoxy) is 1. The van der Waals surface area contributed by atoms with E-state index in [2.05, 4.69) is 45.6 Å². The molecule has 0 spiro atoms. The minimum absolute atomic E-state index is 0.109. The fourth-order valence-electron chi connectivity index (χ4n) is 4.62. The largest absolute Gasteiger partial charge is 0.496 e. The molecule has 1 aliphatic rings. The highest BCUT2D eigenvalue weighted by atomic mass is 79.9. The van der Waals surface area contributed by atoms with E-state index in [0.717, 1.165) is 50.8 Å². The maximum Gasteiger partial charge on any atom is 0.249 e. The Labute approximate surface area is 215 Å². The number of amides is 2. The van der Waals surface area contributed by atoms with Crippen LogP contribution in [0.25, 0.3) is 10.8 Å². The fraction of sp³-hybridized carbons (Fsp3) is 0.357. The van der Waals surface area contributed by atoms with Gasteiger partial charge in [-0.15, -0.1) is 0 Å². The van der Waals surface area contributed by atoms with Gasteiger partial charge in [-0.05, 0) is 73.3 Å². The van der Waals surface area contributed by atoms with Crippen LogP contribution in [0.5, 0.6) is 5.75 Å².